The van der Waals surface area contributed by atoms with Crippen molar-refractivity contribution >= 4 is 11.9 Å². The molecule has 1 rings (SSSR count). The first-order valence-electron chi connectivity index (χ1n) is 6.58. The Hall–Kier alpha value is -1.92. The molecule has 0 bridgehead atoms. The van der Waals surface area contributed by atoms with E-state index in [0.717, 1.165) is 5.56 Å². The van der Waals surface area contributed by atoms with Crippen LogP contribution in [-0.4, -0.2) is 45.1 Å². The summed E-state index contributed by atoms with van der Waals surface area (Å²) in [5.74, 6) is -2.83. The number of aliphatic carboxylic acids is 1. The van der Waals surface area contributed by atoms with E-state index in [1.54, 1.807) is 13.8 Å². The third-order valence-electron chi connectivity index (χ3n) is 3.03. The minimum atomic E-state index is -2.19. The zero-order chi connectivity index (χ0) is 16.0. The van der Waals surface area contributed by atoms with Crippen LogP contribution < -0.4 is 0 Å². The lowest BCUT2D eigenvalue weighted by molar-refractivity contribution is -0.179. The van der Waals surface area contributed by atoms with E-state index < -0.39 is 29.7 Å². The van der Waals surface area contributed by atoms with Gasteiger partial charge in [-0.15, -0.1) is 0 Å². The highest BCUT2D eigenvalue weighted by Gasteiger charge is 2.34. The maximum Gasteiger partial charge on any atom is 0.338 e. The molecule has 0 amide bonds. The van der Waals surface area contributed by atoms with Gasteiger partial charge in [0.15, 0.2) is 12.2 Å². The predicted molar refractivity (Wildman–Crippen MR) is 74.6 cm³/mol. The summed E-state index contributed by atoms with van der Waals surface area (Å²) in [5, 5.41) is 27.1. The Kier molecular flexibility index (Phi) is 5.87. The van der Waals surface area contributed by atoms with Gasteiger partial charge in [-0.05, 0) is 32.3 Å². The van der Waals surface area contributed by atoms with Gasteiger partial charge in [-0.3, -0.25) is 0 Å². The third kappa shape index (κ3) is 5.53. The van der Waals surface area contributed by atoms with Crippen LogP contribution in [0.3, 0.4) is 0 Å². The molecule has 0 aliphatic rings. The fourth-order valence-electron chi connectivity index (χ4n) is 1.74. The normalized spacial score (nSPS) is 14.3. The second kappa shape index (κ2) is 7.19. The molecule has 0 aromatic heterocycles. The van der Waals surface area contributed by atoms with Gasteiger partial charge in [-0.2, -0.15) is 0 Å². The van der Waals surface area contributed by atoms with E-state index in [2.05, 4.69) is 0 Å². The van der Waals surface area contributed by atoms with Crippen LogP contribution in [0.2, 0.25) is 0 Å². The molecule has 116 valence electrons. The number of benzene rings is 1. The zero-order valence-electron chi connectivity index (χ0n) is 12.0. The van der Waals surface area contributed by atoms with Crippen LogP contribution in [0.5, 0.6) is 0 Å². The van der Waals surface area contributed by atoms with Gasteiger partial charge in [0, 0.05) is 0 Å². The molecule has 0 aliphatic heterocycles. The average Bonchev–Trinajstić information content (AvgIpc) is 2.44. The summed E-state index contributed by atoms with van der Waals surface area (Å²) in [5.41, 5.74) is 0.194. The van der Waals surface area contributed by atoms with Crippen molar-refractivity contribution in [1.29, 1.82) is 0 Å². The lowest BCUT2D eigenvalue weighted by Gasteiger charge is -2.27. The van der Waals surface area contributed by atoms with Crippen molar-refractivity contribution in [3.05, 3.63) is 35.9 Å². The van der Waals surface area contributed by atoms with Crippen molar-refractivity contribution in [1.82, 2.24) is 0 Å². The Balaban J connectivity index is 2.55. The molecule has 3 N–H and O–H groups in total. The zero-order valence-corrected chi connectivity index (χ0v) is 12.0. The number of aryl methyl sites for hydroxylation is 1. The number of aliphatic hydroxyl groups is 2. The Morgan fingerprint density at radius 3 is 2.24 bits per heavy atom. The number of carboxylic acids is 1. The highest BCUT2D eigenvalue weighted by molar-refractivity contribution is 5.84. The number of ether oxygens (including phenoxy) is 1. The summed E-state index contributed by atoms with van der Waals surface area (Å²) >= 11 is 0. The number of esters is 1. The van der Waals surface area contributed by atoms with Crippen LogP contribution in [-0.2, 0) is 20.7 Å². The van der Waals surface area contributed by atoms with Crippen LogP contribution in [0.25, 0.3) is 0 Å². The van der Waals surface area contributed by atoms with Crippen LogP contribution in [0.4, 0.5) is 0 Å². The minimum absolute atomic E-state index is 0.499. The van der Waals surface area contributed by atoms with Crippen molar-refractivity contribution in [2.75, 3.05) is 0 Å². The summed E-state index contributed by atoms with van der Waals surface area (Å²) in [6.07, 6.45) is -3.13. The van der Waals surface area contributed by atoms with E-state index in [1.165, 1.54) is 0 Å². The average molecular weight is 296 g/mol. The summed E-state index contributed by atoms with van der Waals surface area (Å²) in [4.78, 5) is 22.1. The molecule has 2 atom stereocenters. The molecule has 6 heteroatoms. The van der Waals surface area contributed by atoms with E-state index in [-0.39, 0.29) is 0 Å². The van der Waals surface area contributed by atoms with Gasteiger partial charge in [0.05, 0.1) is 0 Å². The molecule has 0 radical (unpaired) electrons. The van der Waals surface area contributed by atoms with E-state index in [0.29, 0.717) is 12.8 Å². The van der Waals surface area contributed by atoms with Crippen molar-refractivity contribution in [2.24, 2.45) is 0 Å². The monoisotopic (exact) mass is 296 g/mol. The van der Waals surface area contributed by atoms with Gasteiger partial charge >= 0.3 is 11.9 Å². The highest BCUT2D eigenvalue weighted by Crippen LogP contribution is 2.19. The van der Waals surface area contributed by atoms with Gasteiger partial charge in [0.2, 0.25) is 0 Å². The first-order chi connectivity index (χ1) is 9.73. The molecule has 0 aliphatic carbocycles. The third-order valence-corrected chi connectivity index (χ3v) is 3.03. The fourth-order valence-corrected chi connectivity index (χ4v) is 1.74. The van der Waals surface area contributed by atoms with Crippen molar-refractivity contribution in [3.63, 3.8) is 0 Å². The number of carbonyl (C=O) groups excluding carboxylic acids is 1. The largest absolute Gasteiger partial charge is 0.479 e. The van der Waals surface area contributed by atoms with Gasteiger partial charge in [0.1, 0.15) is 5.60 Å². The number of aliphatic hydroxyl groups excluding tert-OH is 2. The topological polar surface area (TPSA) is 104 Å². The van der Waals surface area contributed by atoms with Crippen LogP contribution >= 0.6 is 0 Å². The van der Waals surface area contributed by atoms with E-state index >= 15 is 0 Å². The highest BCUT2D eigenvalue weighted by atomic mass is 16.6. The molecule has 1 aromatic carbocycles. The second-order valence-electron chi connectivity index (χ2n) is 5.39. The number of hydrogen-bond donors (Lipinski definition) is 3. The Morgan fingerprint density at radius 2 is 1.71 bits per heavy atom. The molecular formula is C15H20O6. The standard InChI is InChI=1S/C15H20O6/c1-15(2,9-8-10-6-4-3-5-7-10)21-14(20)12(17)11(16)13(18)19/h3-7,11-12,16-17H,8-9H2,1-2H3,(H,18,19)/t11-,12-/m1/s1. The molecule has 0 unspecified atom stereocenters. The molecule has 1 aromatic rings. The van der Waals surface area contributed by atoms with Gasteiger partial charge in [0.25, 0.3) is 0 Å². The smallest absolute Gasteiger partial charge is 0.338 e. The van der Waals surface area contributed by atoms with Crippen LogP contribution in [0, 0.1) is 0 Å². The van der Waals surface area contributed by atoms with Crippen LogP contribution in [0.1, 0.15) is 25.8 Å². The number of carbonyl (C=O) groups is 2. The first kappa shape index (κ1) is 17.1. The second-order valence-corrected chi connectivity index (χ2v) is 5.39. The molecule has 0 fully saturated rings. The number of rotatable bonds is 7. The minimum Gasteiger partial charge on any atom is -0.479 e. The molecule has 6 nitrogen and oxygen atoms in total. The van der Waals surface area contributed by atoms with Crippen molar-refractivity contribution in [2.45, 2.75) is 44.5 Å². The summed E-state index contributed by atoms with van der Waals surface area (Å²) in [6, 6.07) is 9.60. The molecule has 0 spiro atoms. The maximum absolute atomic E-state index is 11.6. The molecule has 0 heterocycles. The summed E-state index contributed by atoms with van der Waals surface area (Å²) < 4.78 is 5.08. The lowest BCUT2D eigenvalue weighted by Crippen LogP contribution is -2.43. The Morgan fingerprint density at radius 1 is 1.14 bits per heavy atom. The van der Waals surface area contributed by atoms with E-state index in [1.807, 2.05) is 30.3 Å². The maximum atomic E-state index is 11.6. The molecule has 0 saturated carbocycles. The number of carboxylic acid groups (broad SMARTS) is 1. The van der Waals surface area contributed by atoms with Gasteiger partial charge in [-0.25, -0.2) is 9.59 Å². The first-order valence-corrected chi connectivity index (χ1v) is 6.58. The van der Waals surface area contributed by atoms with Gasteiger partial charge in [-0.1, -0.05) is 30.3 Å². The van der Waals surface area contributed by atoms with E-state index in [9.17, 15) is 14.7 Å². The molecule has 21 heavy (non-hydrogen) atoms. The quantitative estimate of drug-likeness (QED) is 0.641. The van der Waals surface area contributed by atoms with E-state index in [4.69, 9.17) is 14.9 Å². The Labute approximate surface area is 123 Å². The molecule has 0 saturated heterocycles. The van der Waals surface area contributed by atoms with Crippen molar-refractivity contribution in [3.8, 4) is 0 Å². The SMILES string of the molecule is CC(C)(CCc1ccccc1)OC(=O)[C@H](O)[C@@H](O)C(=O)O. The van der Waals surface area contributed by atoms with Crippen LogP contribution in [0.15, 0.2) is 30.3 Å². The predicted octanol–water partition coefficient (Wildman–Crippen LogP) is 0.747. The lowest BCUT2D eigenvalue weighted by atomic mass is 9.98. The van der Waals surface area contributed by atoms with Gasteiger partial charge < -0.3 is 20.1 Å². The Bertz CT molecular complexity index is 482. The summed E-state index contributed by atoms with van der Waals surface area (Å²) in [7, 11) is 0. The number of hydrogen-bond acceptors (Lipinski definition) is 5. The van der Waals surface area contributed by atoms with Crippen molar-refractivity contribution < 1.29 is 29.6 Å². The fraction of sp³-hybridized carbons (Fsp3) is 0.467. The molecular weight excluding hydrogens is 276 g/mol. The summed E-state index contributed by atoms with van der Waals surface area (Å²) in [6.45, 7) is 3.32.